The summed E-state index contributed by atoms with van der Waals surface area (Å²) in [4.78, 5) is 13.6. The van der Waals surface area contributed by atoms with Crippen LogP contribution < -0.4 is 10.0 Å². The molecule has 1 saturated carbocycles. The highest BCUT2D eigenvalue weighted by Gasteiger charge is 2.18. The third-order valence-electron chi connectivity index (χ3n) is 5.48. The van der Waals surface area contributed by atoms with E-state index >= 15 is 0 Å². The first-order chi connectivity index (χ1) is 16.0. The van der Waals surface area contributed by atoms with Crippen LogP contribution in [0, 0.1) is 12.7 Å². The van der Waals surface area contributed by atoms with Crippen molar-refractivity contribution < 1.29 is 8.94 Å². The van der Waals surface area contributed by atoms with Crippen molar-refractivity contribution in [2.45, 2.75) is 50.0 Å². The number of benzene rings is 1. The largest absolute Gasteiger partial charge is 0.588 e. The Kier molecular flexibility index (Phi) is 7.80. The van der Waals surface area contributed by atoms with E-state index in [9.17, 15) is 8.94 Å². The van der Waals surface area contributed by atoms with Gasteiger partial charge in [-0.05, 0) is 49.6 Å². The molecule has 1 aliphatic carbocycles. The molecule has 1 atom stereocenters. The second-order valence-electron chi connectivity index (χ2n) is 7.97. The number of pyridine rings is 1. The molecule has 2 aromatic heterocycles. The second-order valence-corrected chi connectivity index (χ2v) is 9.56. The Bertz CT molecular complexity index is 1120. The van der Waals surface area contributed by atoms with Gasteiger partial charge in [0.05, 0.1) is 0 Å². The minimum atomic E-state index is -1.66. The molecule has 0 spiro atoms. The van der Waals surface area contributed by atoms with Crippen LogP contribution in [0.15, 0.2) is 47.6 Å². The van der Waals surface area contributed by atoms with Gasteiger partial charge in [0.1, 0.15) is 22.2 Å². The van der Waals surface area contributed by atoms with Crippen LogP contribution in [-0.2, 0) is 11.4 Å². The molecule has 0 radical (unpaired) electrons. The lowest BCUT2D eigenvalue weighted by atomic mass is 9.96. The molecule has 33 heavy (non-hydrogen) atoms. The molecule has 0 amide bonds. The summed E-state index contributed by atoms with van der Waals surface area (Å²) in [5, 5.41) is 3.51. The van der Waals surface area contributed by atoms with Crippen molar-refractivity contribution in [3.63, 3.8) is 0 Å². The van der Waals surface area contributed by atoms with Gasteiger partial charge in [-0.2, -0.15) is 4.72 Å². The van der Waals surface area contributed by atoms with Crippen LogP contribution in [-0.4, -0.2) is 25.5 Å². The highest BCUT2D eigenvalue weighted by molar-refractivity contribution is 7.92. The molecule has 0 bridgehead atoms. The summed E-state index contributed by atoms with van der Waals surface area (Å²) in [5.74, 6) is 0.623. The van der Waals surface area contributed by atoms with E-state index in [1.807, 2.05) is 25.1 Å². The van der Waals surface area contributed by atoms with Crippen LogP contribution in [0.25, 0.3) is 12.2 Å². The van der Waals surface area contributed by atoms with Crippen LogP contribution >= 0.6 is 11.6 Å². The standard InChI is InChI=1S/C24H25ClFN5OS/c1-16-18(8-7-17-14-27-24(28-15-17)30-20-5-3-2-4-6-20)9-12-23(29-16)31-33(32)22-11-10-19(26)13-21(22)25/h7-15,20H,2-6H2,1H3,(H,29,31)(H,27,28,30)/b8-7+. The van der Waals surface area contributed by atoms with Gasteiger partial charge >= 0.3 is 0 Å². The van der Waals surface area contributed by atoms with Gasteiger partial charge in [0, 0.05) is 35.8 Å². The van der Waals surface area contributed by atoms with E-state index in [-0.39, 0.29) is 5.02 Å². The smallest absolute Gasteiger partial charge is 0.222 e. The fourth-order valence-corrected chi connectivity index (χ4v) is 4.91. The molecular weight excluding hydrogens is 461 g/mol. The average Bonchev–Trinajstić information content (AvgIpc) is 2.80. The summed E-state index contributed by atoms with van der Waals surface area (Å²) in [6, 6.07) is 7.82. The Balaban J connectivity index is 1.37. The number of aromatic nitrogens is 3. The van der Waals surface area contributed by atoms with Crippen molar-refractivity contribution in [3.05, 3.63) is 70.4 Å². The number of rotatable bonds is 7. The first kappa shape index (κ1) is 23.5. The van der Waals surface area contributed by atoms with Crippen molar-refractivity contribution in [1.29, 1.82) is 0 Å². The summed E-state index contributed by atoms with van der Waals surface area (Å²) >= 11 is 4.33. The number of anilines is 2. The average molecular weight is 486 g/mol. The van der Waals surface area contributed by atoms with Gasteiger partial charge < -0.3 is 9.87 Å². The number of hydrogen-bond acceptors (Lipinski definition) is 6. The Morgan fingerprint density at radius 1 is 1.09 bits per heavy atom. The van der Waals surface area contributed by atoms with E-state index in [1.165, 1.54) is 44.2 Å². The number of nitrogens with one attached hydrogen (secondary N) is 2. The summed E-state index contributed by atoms with van der Waals surface area (Å²) in [7, 11) is 0. The predicted molar refractivity (Wildman–Crippen MR) is 132 cm³/mol. The fraction of sp³-hybridized carbons (Fsp3) is 0.292. The molecule has 6 nitrogen and oxygen atoms in total. The first-order valence-electron chi connectivity index (χ1n) is 10.9. The Morgan fingerprint density at radius 2 is 1.85 bits per heavy atom. The van der Waals surface area contributed by atoms with Crippen LogP contribution in [0.5, 0.6) is 0 Å². The van der Waals surface area contributed by atoms with Gasteiger partial charge in [0.2, 0.25) is 5.95 Å². The lowest BCUT2D eigenvalue weighted by Crippen LogP contribution is -2.23. The predicted octanol–water partition coefficient (Wildman–Crippen LogP) is 6.02. The molecular formula is C24H25ClFN5OS. The zero-order valence-corrected chi connectivity index (χ0v) is 19.8. The number of nitrogens with zero attached hydrogens (tertiary/aromatic N) is 3. The zero-order valence-electron chi connectivity index (χ0n) is 18.2. The highest BCUT2D eigenvalue weighted by Crippen LogP contribution is 2.25. The van der Waals surface area contributed by atoms with E-state index in [1.54, 1.807) is 18.5 Å². The molecule has 0 saturated heterocycles. The van der Waals surface area contributed by atoms with Crippen LogP contribution in [0.4, 0.5) is 16.2 Å². The summed E-state index contributed by atoms with van der Waals surface area (Å²) in [6.07, 6.45) is 13.6. The first-order valence-corrected chi connectivity index (χ1v) is 12.4. The maximum absolute atomic E-state index is 13.2. The highest BCUT2D eigenvalue weighted by atomic mass is 35.5. The lowest BCUT2D eigenvalue weighted by Gasteiger charge is -2.22. The van der Waals surface area contributed by atoms with Crippen molar-refractivity contribution in [3.8, 4) is 0 Å². The van der Waals surface area contributed by atoms with E-state index in [0.717, 1.165) is 22.9 Å². The minimum Gasteiger partial charge on any atom is -0.588 e. The van der Waals surface area contributed by atoms with Gasteiger partial charge in [-0.25, -0.2) is 19.3 Å². The van der Waals surface area contributed by atoms with Gasteiger partial charge in [0.25, 0.3) is 0 Å². The molecule has 0 aliphatic heterocycles. The molecule has 2 heterocycles. The lowest BCUT2D eigenvalue weighted by molar-refractivity contribution is 0.461. The van der Waals surface area contributed by atoms with E-state index < -0.39 is 17.2 Å². The molecule has 4 rings (SSSR count). The number of hydrogen-bond donors (Lipinski definition) is 2. The molecule has 1 fully saturated rings. The zero-order chi connectivity index (χ0) is 23.2. The quantitative estimate of drug-likeness (QED) is 0.398. The van der Waals surface area contributed by atoms with Gasteiger partial charge in [-0.1, -0.05) is 43.0 Å². The fourth-order valence-electron chi connectivity index (χ4n) is 3.69. The molecule has 1 aliphatic rings. The Morgan fingerprint density at radius 3 is 2.55 bits per heavy atom. The number of halogens is 2. The van der Waals surface area contributed by atoms with E-state index in [4.69, 9.17) is 11.6 Å². The number of aryl methyl sites for hydroxylation is 1. The van der Waals surface area contributed by atoms with Gasteiger partial charge in [-0.15, -0.1) is 0 Å². The van der Waals surface area contributed by atoms with Gasteiger partial charge in [-0.3, -0.25) is 0 Å². The topological polar surface area (TPSA) is 85.8 Å². The van der Waals surface area contributed by atoms with Crippen molar-refractivity contribution in [2.75, 3.05) is 10.0 Å². The van der Waals surface area contributed by atoms with Crippen molar-refractivity contribution >= 4 is 46.9 Å². The Labute approximate surface area is 201 Å². The molecule has 2 N–H and O–H groups in total. The second kappa shape index (κ2) is 11.0. The molecule has 172 valence electrons. The van der Waals surface area contributed by atoms with Crippen molar-refractivity contribution in [1.82, 2.24) is 15.0 Å². The molecule has 3 aromatic rings. The van der Waals surface area contributed by atoms with Crippen LogP contribution in [0.1, 0.15) is 48.9 Å². The Hall–Kier alpha value is -2.68. The molecule has 1 aromatic carbocycles. The maximum Gasteiger partial charge on any atom is 0.222 e. The minimum absolute atomic E-state index is 0.0966. The molecule has 1 unspecified atom stereocenters. The SMILES string of the molecule is Cc1nc(N[S+]([O-])c2ccc(F)cc2Cl)ccc1/C=C/c1cnc(NC2CCCCC2)nc1. The maximum atomic E-state index is 13.2. The van der Waals surface area contributed by atoms with Crippen molar-refractivity contribution in [2.24, 2.45) is 0 Å². The molecule has 9 heteroatoms. The van der Waals surface area contributed by atoms with E-state index in [0.29, 0.717) is 22.7 Å². The summed E-state index contributed by atoms with van der Waals surface area (Å²) in [6.45, 7) is 1.87. The third-order valence-corrected chi connectivity index (χ3v) is 7.06. The normalized spacial score (nSPS) is 15.5. The van der Waals surface area contributed by atoms with Crippen LogP contribution in [0.3, 0.4) is 0 Å². The summed E-state index contributed by atoms with van der Waals surface area (Å²) < 4.78 is 28.5. The monoisotopic (exact) mass is 485 g/mol. The third kappa shape index (κ3) is 6.43. The summed E-state index contributed by atoms with van der Waals surface area (Å²) in [5.41, 5.74) is 2.56. The van der Waals surface area contributed by atoms with Gasteiger partial charge in [0.15, 0.2) is 10.7 Å². The van der Waals surface area contributed by atoms with E-state index in [2.05, 4.69) is 25.0 Å². The van der Waals surface area contributed by atoms with Crippen LogP contribution in [0.2, 0.25) is 5.02 Å².